The minimum absolute atomic E-state index is 1.07. The van der Waals surface area contributed by atoms with Crippen molar-refractivity contribution >= 4 is 11.3 Å². The summed E-state index contributed by atoms with van der Waals surface area (Å²) >= 11 is 0. The van der Waals surface area contributed by atoms with E-state index >= 15 is 0 Å². The molecule has 0 spiro atoms. The highest BCUT2D eigenvalue weighted by Crippen LogP contribution is 2.23. The maximum Gasteiger partial charge on any atom is 0.0337 e. The molecule has 0 atom stereocenters. The molecule has 66 valence electrons. The molecule has 1 heteroatoms. The minimum Gasteiger partial charge on any atom is -0.388 e. The van der Waals surface area contributed by atoms with Crippen molar-refractivity contribution in [2.75, 3.05) is 12.4 Å². The highest BCUT2D eigenvalue weighted by atomic mass is 14.8. The molecule has 1 N–H and O–H groups in total. The van der Waals surface area contributed by atoms with E-state index in [2.05, 4.69) is 47.8 Å². The van der Waals surface area contributed by atoms with E-state index in [-0.39, 0.29) is 0 Å². The zero-order valence-electron chi connectivity index (χ0n) is 7.75. The van der Waals surface area contributed by atoms with Gasteiger partial charge < -0.3 is 5.32 Å². The van der Waals surface area contributed by atoms with Gasteiger partial charge in [0.05, 0.1) is 0 Å². The number of nitrogens with one attached hydrogen (secondary N) is 1. The lowest BCUT2D eigenvalue weighted by atomic mass is 10.1. The molecule has 0 aliphatic heterocycles. The molecule has 2 rings (SSSR count). The second kappa shape index (κ2) is 3.48. The summed E-state index contributed by atoms with van der Waals surface area (Å²) in [5, 5.41) is 3.11. The second-order valence-corrected chi connectivity index (χ2v) is 3.15. The molecule has 1 nitrogen and oxygen atoms in total. The normalized spacial score (nSPS) is 14.4. The lowest BCUT2D eigenvalue weighted by molar-refractivity contribution is 1.42. The Morgan fingerprint density at radius 2 is 1.92 bits per heavy atom. The number of anilines is 1. The van der Waals surface area contributed by atoms with Gasteiger partial charge in [0.25, 0.3) is 0 Å². The van der Waals surface area contributed by atoms with Gasteiger partial charge in [0, 0.05) is 12.7 Å². The van der Waals surface area contributed by atoms with Crippen LogP contribution in [-0.2, 0) is 0 Å². The Kier molecular flexibility index (Phi) is 2.17. The fourth-order valence-electron chi connectivity index (χ4n) is 1.51. The molecule has 1 aromatic carbocycles. The molecule has 0 saturated heterocycles. The minimum atomic E-state index is 1.07. The van der Waals surface area contributed by atoms with Crippen LogP contribution in [0, 0.1) is 0 Å². The quantitative estimate of drug-likeness (QED) is 0.721. The molecule has 0 aromatic heterocycles. The van der Waals surface area contributed by atoms with Gasteiger partial charge in [0.15, 0.2) is 0 Å². The van der Waals surface area contributed by atoms with Crippen molar-refractivity contribution < 1.29 is 0 Å². The lowest BCUT2D eigenvalue weighted by Crippen LogP contribution is -1.87. The van der Waals surface area contributed by atoms with Crippen LogP contribution in [0.1, 0.15) is 12.0 Å². The average Bonchev–Trinajstić information content (AvgIpc) is 2.71. The number of hydrogen-bond donors (Lipinski definition) is 1. The van der Waals surface area contributed by atoms with E-state index in [1.54, 1.807) is 0 Å². The first kappa shape index (κ1) is 8.11. The first-order chi connectivity index (χ1) is 6.40. The Morgan fingerprint density at radius 1 is 1.15 bits per heavy atom. The largest absolute Gasteiger partial charge is 0.388 e. The average molecular weight is 171 g/mol. The first-order valence-corrected chi connectivity index (χ1v) is 4.54. The summed E-state index contributed by atoms with van der Waals surface area (Å²) in [6.07, 6.45) is 7.54. The highest BCUT2D eigenvalue weighted by molar-refractivity contribution is 5.71. The fourth-order valence-corrected chi connectivity index (χ4v) is 1.51. The summed E-state index contributed by atoms with van der Waals surface area (Å²) in [5.74, 6) is 0. The maximum atomic E-state index is 3.11. The Hall–Kier alpha value is -1.50. The third kappa shape index (κ3) is 1.64. The van der Waals surface area contributed by atoms with E-state index in [9.17, 15) is 0 Å². The number of allylic oxidation sites excluding steroid dienone is 4. The van der Waals surface area contributed by atoms with Crippen LogP contribution in [0.25, 0.3) is 5.57 Å². The molecule has 1 aliphatic carbocycles. The van der Waals surface area contributed by atoms with E-state index in [1.165, 1.54) is 11.1 Å². The van der Waals surface area contributed by atoms with E-state index in [0.717, 1.165) is 12.1 Å². The standard InChI is InChI=1S/C12H13N/c1-13-12-8-6-11(7-9-12)10-4-2-3-5-10/h2-4,6-9,13H,5H2,1H3. The van der Waals surface area contributed by atoms with Crippen molar-refractivity contribution in [2.24, 2.45) is 0 Å². The van der Waals surface area contributed by atoms with Gasteiger partial charge in [0.1, 0.15) is 0 Å². The third-order valence-corrected chi connectivity index (χ3v) is 2.32. The van der Waals surface area contributed by atoms with Crippen molar-refractivity contribution in [1.29, 1.82) is 0 Å². The first-order valence-electron chi connectivity index (χ1n) is 4.54. The Balaban J connectivity index is 2.23. The molecule has 0 amide bonds. The van der Waals surface area contributed by atoms with Crippen molar-refractivity contribution in [3.05, 3.63) is 48.1 Å². The zero-order chi connectivity index (χ0) is 9.10. The van der Waals surface area contributed by atoms with Gasteiger partial charge in [-0.3, -0.25) is 0 Å². The highest BCUT2D eigenvalue weighted by Gasteiger charge is 2.01. The van der Waals surface area contributed by atoms with E-state index in [1.807, 2.05) is 7.05 Å². The number of hydrogen-bond acceptors (Lipinski definition) is 1. The van der Waals surface area contributed by atoms with E-state index in [0.29, 0.717) is 0 Å². The summed E-state index contributed by atoms with van der Waals surface area (Å²) in [6, 6.07) is 8.53. The molecule has 0 radical (unpaired) electrons. The van der Waals surface area contributed by atoms with E-state index in [4.69, 9.17) is 0 Å². The van der Waals surface area contributed by atoms with Gasteiger partial charge in [-0.15, -0.1) is 0 Å². The smallest absolute Gasteiger partial charge is 0.0337 e. The van der Waals surface area contributed by atoms with Crippen molar-refractivity contribution in [3.63, 3.8) is 0 Å². The van der Waals surface area contributed by atoms with Crippen LogP contribution in [0.5, 0.6) is 0 Å². The van der Waals surface area contributed by atoms with Crippen LogP contribution < -0.4 is 5.32 Å². The predicted molar refractivity (Wildman–Crippen MR) is 57.7 cm³/mol. The van der Waals surface area contributed by atoms with Crippen LogP contribution in [0.15, 0.2) is 42.5 Å². The predicted octanol–water partition coefficient (Wildman–Crippen LogP) is 3.07. The molecular formula is C12H13N. The SMILES string of the molecule is CNc1ccc(C2=CC=CC2)cc1. The molecule has 0 bridgehead atoms. The third-order valence-electron chi connectivity index (χ3n) is 2.32. The molecule has 0 heterocycles. The number of rotatable bonds is 2. The zero-order valence-corrected chi connectivity index (χ0v) is 7.75. The maximum absolute atomic E-state index is 3.11. The Bertz CT molecular complexity index is 344. The van der Waals surface area contributed by atoms with E-state index < -0.39 is 0 Å². The molecule has 1 aliphatic rings. The Morgan fingerprint density at radius 3 is 2.46 bits per heavy atom. The van der Waals surface area contributed by atoms with Gasteiger partial charge in [-0.1, -0.05) is 30.4 Å². The summed E-state index contributed by atoms with van der Waals surface area (Å²) in [6.45, 7) is 0. The van der Waals surface area contributed by atoms with Crippen LogP contribution in [0.3, 0.4) is 0 Å². The fraction of sp³-hybridized carbons (Fsp3) is 0.167. The monoisotopic (exact) mass is 171 g/mol. The van der Waals surface area contributed by atoms with Gasteiger partial charge in [-0.2, -0.15) is 0 Å². The molecule has 0 unspecified atom stereocenters. The van der Waals surface area contributed by atoms with Gasteiger partial charge in [0.2, 0.25) is 0 Å². The number of benzene rings is 1. The molecule has 0 saturated carbocycles. The summed E-state index contributed by atoms with van der Waals surface area (Å²) in [5.41, 5.74) is 3.89. The summed E-state index contributed by atoms with van der Waals surface area (Å²) < 4.78 is 0. The molecule has 0 fully saturated rings. The molecule has 13 heavy (non-hydrogen) atoms. The van der Waals surface area contributed by atoms with Crippen molar-refractivity contribution in [1.82, 2.24) is 0 Å². The summed E-state index contributed by atoms with van der Waals surface area (Å²) in [7, 11) is 1.94. The second-order valence-electron chi connectivity index (χ2n) is 3.15. The van der Waals surface area contributed by atoms with Crippen LogP contribution >= 0.6 is 0 Å². The Labute approximate surface area is 78.8 Å². The van der Waals surface area contributed by atoms with Crippen molar-refractivity contribution in [2.45, 2.75) is 6.42 Å². The van der Waals surface area contributed by atoms with Crippen LogP contribution in [0.4, 0.5) is 5.69 Å². The van der Waals surface area contributed by atoms with Crippen LogP contribution in [0.2, 0.25) is 0 Å². The summed E-state index contributed by atoms with van der Waals surface area (Å²) in [4.78, 5) is 0. The van der Waals surface area contributed by atoms with Gasteiger partial charge in [-0.25, -0.2) is 0 Å². The molecular weight excluding hydrogens is 158 g/mol. The van der Waals surface area contributed by atoms with Crippen LogP contribution in [-0.4, -0.2) is 7.05 Å². The topological polar surface area (TPSA) is 12.0 Å². The lowest BCUT2D eigenvalue weighted by Gasteiger charge is -2.03. The van der Waals surface area contributed by atoms with Gasteiger partial charge >= 0.3 is 0 Å². The van der Waals surface area contributed by atoms with Crippen molar-refractivity contribution in [3.8, 4) is 0 Å². The molecule has 1 aromatic rings. The van der Waals surface area contributed by atoms with Gasteiger partial charge in [-0.05, 0) is 29.7 Å².